The lowest BCUT2D eigenvalue weighted by Gasteiger charge is -2.35. The zero-order valence-corrected chi connectivity index (χ0v) is 16.3. The van der Waals surface area contributed by atoms with Gasteiger partial charge in [0.2, 0.25) is 5.91 Å². The first-order valence-electron chi connectivity index (χ1n) is 9.76. The number of carbonyl (C=O) groups is 1. The Balaban J connectivity index is 1.55. The van der Waals surface area contributed by atoms with Crippen LogP contribution < -0.4 is 16.0 Å². The first-order chi connectivity index (χ1) is 14.1. The van der Waals surface area contributed by atoms with Gasteiger partial charge in [-0.15, -0.1) is 0 Å². The van der Waals surface area contributed by atoms with Crippen molar-refractivity contribution in [3.8, 4) is 0 Å². The van der Waals surface area contributed by atoms with Crippen LogP contribution in [0.4, 0.5) is 5.82 Å². The van der Waals surface area contributed by atoms with E-state index in [1.807, 2.05) is 31.2 Å². The molecule has 150 valence electrons. The summed E-state index contributed by atoms with van der Waals surface area (Å²) >= 11 is 0. The Morgan fingerprint density at radius 3 is 2.14 bits per heavy atom. The van der Waals surface area contributed by atoms with Crippen LogP contribution in [-0.2, 0) is 17.9 Å². The molecule has 0 spiro atoms. The highest BCUT2D eigenvalue weighted by Crippen LogP contribution is 2.14. The van der Waals surface area contributed by atoms with Crippen LogP contribution in [0.5, 0.6) is 0 Å². The van der Waals surface area contributed by atoms with Crippen molar-refractivity contribution in [1.82, 2.24) is 19.0 Å². The van der Waals surface area contributed by atoms with Crippen molar-refractivity contribution in [2.45, 2.75) is 20.0 Å². The molecule has 1 saturated heterocycles. The highest BCUT2D eigenvalue weighted by molar-refractivity contribution is 5.80. The smallest absolute Gasteiger partial charge is 0.317 e. The van der Waals surface area contributed by atoms with Crippen LogP contribution in [0.25, 0.3) is 11.0 Å². The second kappa shape index (κ2) is 7.90. The molecular weight excluding hydrogens is 370 g/mol. The van der Waals surface area contributed by atoms with Crippen LogP contribution in [0.3, 0.4) is 0 Å². The highest BCUT2D eigenvalue weighted by Gasteiger charge is 2.23. The number of fused-ring (bicyclic) bond motifs is 1. The van der Waals surface area contributed by atoms with Gasteiger partial charge in [0.25, 0.3) is 0 Å². The predicted molar refractivity (Wildman–Crippen MR) is 111 cm³/mol. The molecule has 8 heteroatoms. The summed E-state index contributed by atoms with van der Waals surface area (Å²) < 4.78 is 2.75. The minimum absolute atomic E-state index is 0.136. The lowest BCUT2D eigenvalue weighted by Crippen LogP contribution is -2.51. The van der Waals surface area contributed by atoms with E-state index < -0.39 is 11.1 Å². The molecule has 0 atom stereocenters. The number of nitrogens with zero attached hydrogens (tertiary/aromatic N) is 5. The van der Waals surface area contributed by atoms with Gasteiger partial charge in [-0.3, -0.25) is 19.0 Å². The van der Waals surface area contributed by atoms with Gasteiger partial charge >= 0.3 is 11.1 Å². The molecule has 0 saturated carbocycles. The first-order valence-corrected chi connectivity index (χ1v) is 9.76. The largest absolute Gasteiger partial charge is 0.353 e. The van der Waals surface area contributed by atoms with E-state index in [1.165, 1.54) is 9.13 Å². The SMILES string of the molecule is CCn1c(=O)c(=O)n(CC(=O)N2CCN(c3ccccn3)CC2)c2ccccc21. The van der Waals surface area contributed by atoms with Gasteiger partial charge in [0, 0.05) is 38.9 Å². The van der Waals surface area contributed by atoms with Crippen LogP contribution >= 0.6 is 0 Å². The zero-order chi connectivity index (χ0) is 20.4. The summed E-state index contributed by atoms with van der Waals surface area (Å²) in [6, 6.07) is 13.0. The summed E-state index contributed by atoms with van der Waals surface area (Å²) in [7, 11) is 0. The number of para-hydroxylation sites is 2. The third-order valence-corrected chi connectivity index (χ3v) is 5.35. The van der Waals surface area contributed by atoms with Gasteiger partial charge in [0.1, 0.15) is 12.4 Å². The van der Waals surface area contributed by atoms with Crippen molar-refractivity contribution < 1.29 is 4.79 Å². The second-order valence-electron chi connectivity index (χ2n) is 6.99. The number of hydrogen-bond acceptors (Lipinski definition) is 5. The fraction of sp³-hybridized carbons (Fsp3) is 0.333. The maximum Gasteiger partial charge on any atom is 0.317 e. The van der Waals surface area contributed by atoms with Crippen molar-refractivity contribution in [1.29, 1.82) is 0 Å². The zero-order valence-electron chi connectivity index (χ0n) is 16.3. The minimum Gasteiger partial charge on any atom is -0.353 e. The number of aromatic nitrogens is 3. The van der Waals surface area contributed by atoms with E-state index in [0.29, 0.717) is 43.8 Å². The molecule has 4 rings (SSSR count). The van der Waals surface area contributed by atoms with Gasteiger partial charge in [-0.1, -0.05) is 18.2 Å². The van der Waals surface area contributed by atoms with Crippen molar-refractivity contribution >= 4 is 22.8 Å². The van der Waals surface area contributed by atoms with Crippen molar-refractivity contribution in [3.63, 3.8) is 0 Å². The number of carbonyl (C=O) groups excluding carboxylic acids is 1. The summed E-state index contributed by atoms with van der Waals surface area (Å²) in [5.74, 6) is 0.733. The van der Waals surface area contributed by atoms with Crippen molar-refractivity contribution in [2.75, 3.05) is 31.1 Å². The molecule has 1 amide bonds. The average molecular weight is 393 g/mol. The van der Waals surface area contributed by atoms with Gasteiger partial charge in [0.15, 0.2) is 0 Å². The lowest BCUT2D eigenvalue weighted by atomic mass is 10.2. The van der Waals surface area contributed by atoms with E-state index in [4.69, 9.17) is 0 Å². The van der Waals surface area contributed by atoms with Gasteiger partial charge in [-0.2, -0.15) is 0 Å². The summed E-state index contributed by atoms with van der Waals surface area (Å²) in [5, 5.41) is 0. The van der Waals surface area contributed by atoms with Gasteiger partial charge in [-0.25, -0.2) is 4.98 Å². The lowest BCUT2D eigenvalue weighted by molar-refractivity contribution is -0.132. The summed E-state index contributed by atoms with van der Waals surface area (Å²) in [5.41, 5.74) is -0.00298. The van der Waals surface area contributed by atoms with E-state index in [1.54, 1.807) is 29.3 Å². The Morgan fingerprint density at radius 1 is 0.897 bits per heavy atom. The Labute approximate surface area is 167 Å². The number of benzene rings is 1. The number of pyridine rings is 1. The molecule has 1 aliphatic rings. The molecule has 1 aromatic carbocycles. The standard InChI is InChI=1S/C21H23N5O3/c1-2-25-16-7-3-4-8-17(16)26(21(29)20(25)28)15-19(27)24-13-11-23(12-14-24)18-9-5-6-10-22-18/h3-10H,2,11-15H2,1H3. The third kappa shape index (κ3) is 3.53. The van der Waals surface area contributed by atoms with E-state index in [0.717, 1.165) is 5.82 Å². The van der Waals surface area contributed by atoms with E-state index in [2.05, 4.69) is 9.88 Å². The third-order valence-electron chi connectivity index (χ3n) is 5.35. The molecule has 0 bridgehead atoms. The van der Waals surface area contributed by atoms with Gasteiger partial charge < -0.3 is 14.4 Å². The molecule has 1 fully saturated rings. The molecule has 1 aliphatic heterocycles. The van der Waals surface area contributed by atoms with Gasteiger partial charge in [-0.05, 0) is 31.2 Å². The maximum absolute atomic E-state index is 12.9. The maximum atomic E-state index is 12.9. The number of piperazine rings is 1. The molecule has 0 N–H and O–H groups in total. The second-order valence-corrected chi connectivity index (χ2v) is 6.99. The molecule has 3 heterocycles. The first kappa shape index (κ1) is 18.9. The van der Waals surface area contributed by atoms with Crippen LogP contribution in [0.15, 0.2) is 58.3 Å². The number of amides is 1. The van der Waals surface area contributed by atoms with Crippen LogP contribution in [0, 0.1) is 0 Å². The van der Waals surface area contributed by atoms with Gasteiger partial charge in [0.05, 0.1) is 11.0 Å². The Bertz CT molecular complexity index is 1140. The van der Waals surface area contributed by atoms with E-state index in [9.17, 15) is 14.4 Å². The quantitative estimate of drug-likeness (QED) is 0.616. The highest BCUT2D eigenvalue weighted by atomic mass is 16.2. The Morgan fingerprint density at radius 2 is 1.52 bits per heavy atom. The molecule has 29 heavy (non-hydrogen) atoms. The van der Waals surface area contributed by atoms with E-state index >= 15 is 0 Å². The molecule has 8 nitrogen and oxygen atoms in total. The average Bonchev–Trinajstić information content (AvgIpc) is 2.78. The molecule has 2 aromatic heterocycles. The molecule has 0 radical (unpaired) electrons. The summed E-state index contributed by atoms with van der Waals surface area (Å²) in [4.78, 5) is 46.3. The summed E-state index contributed by atoms with van der Waals surface area (Å²) in [6.45, 7) is 4.54. The fourth-order valence-electron chi connectivity index (χ4n) is 3.80. The topological polar surface area (TPSA) is 80.4 Å². The monoisotopic (exact) mass is 393 g/mol. The van der Waals surface area contributed by atoms with Crippen LogP contribution in [-0.4, -0.2) is 51.1 Å². The Hall–Kier alpha value is -3.42. The number of anilines is 1. The van der Waals surface area contributed by atoms with Crippen molar-refractivity contribution in [3.05, 3.63) is 69.4 Å². The molecule has 3 aromatic rings. The molecule has 0 unspecified atom stereocenters. The van der Waals surface area contributed by atoms with Crippen LogP contribution in [0.2, 0.25) is 0 Å². The molecular formula is C21H23N5O3. The number of rotatable bonds is 4. The fourth-order valence-corrected chi connectivity index (χ4v) is 3.80. The number of hydrogen-bond donors (Lipinski definition) is 0. The summed E-state index contributed by atoms with van der Waals surface area (Å²) in [6.07, 6.45) is 1.75. The Kier molecular flexibility index (Phi) is 5.16. The van der Waals surface area contributed by atoms with E-state index in [-0.39, 0.29) is 12.5 Å². The number of aryl methyl sites for hydroxylation is 1. The van der Waals surface area contributed by atoms with Crippen molar-refractivity contribution in [2.24, 2.45) is 0 Å². The van der Waals surface area contributed by atoms with Crippen LogP contribution in [0.1, 0.15) is 6.92 Å². The minimum atomic E-state index is -0.661. The normalized spacial score (nSPS) is 14.4. The predicted octanol–water partition coefficient (Wildman–Crippen LogP) is 0.927. The molecule has 0 aliphatic carbocycles.